The second-order valence-electron chi connectivity index (χ2n) is 8.35. The van der Waals surface area contributed by atoms with E-state index in [1.165, 1.54) is 5.69 Å². The molecule has 158 valence electrons. The highest BCUT2D eigenvalue weighted by atomic mass is 32.2. The van der Waals surface area contributed by atoms with Crippen molar-refractivity contribution in [3.05, 3.63) is 42.1 Å². The fourth-order valence-corrected chi connectivity index (χ4v) is 5.63. The first-order valence-electron chi connectivity index (χ1n) is 10.6. The first-order valence-corrected chi connectivity index (χ1v) is 11.7. The maximum absolute atomic E-state index is 12.5. The van der Waals surface area contributed by atoms with Crippen LogP contribution in [0.3, 0.4) is 0 Å². The smallest absolute Gasteiger partial charge is 0.248 e. The van der Waals surface area contributed by atoms with Crippen LogP contribution in [-0.4, -0.2) is 65.6 Å². The highest BCUT2D eigenvalue weighted by Gasteiger charge is 2.36. The summed E-state index contributed by atoms with van der Waals surface area (Å²) in [5, 5.41) is 3.09. The van der Waals surface area contributed by atoms with E-state index in [2.05, 4.69) is 45.1 Å². The number of hydrogen-bond donors (Lipinski definition) is 2. The van der Waals surface area contributed by atoms with E-state index in [4.69, 9.17) is 10.7 Å². The summed E-state index contributed by atoms with van der Waals surface area (Å²) in [5.74, 6) is 2.90. The van der Waals surface area contributed by atoms with Crippen LogP contribution >= 0.6 is 11.8 Å². The second-order valence-corrected chi connectivity index (χ2v) is 9.49. The van der Waals surface area contributed by atoms with Crippen molar-refractivity contribution in [3.8, 4) is 0 Å². The summed E-state index contributed by atoms with van der Waals surface area (Å²) in [7, 11) is 0. The topological polar surface area (TPSA) is 77.7 Å². The Balaban J connectivity index is 1.27. The van der Waals surface area contributed by atoms with Crippen LogP contribution in [0.1, 0.15) is 12.5 Å². The summed E-state index contributed by atoms with van der Waals surface area (Å²) < 4.78 is 0. The Morgan fingerprint density at radius 3 is 2.87 bits per heavy atom. The number of anilines is 4. The number of carbonyl (C=O) groups is 1. The molecule has 0 unspecified atom stereocenters. The number of nitrogens with one attached hydrogen (secondary N) is 1. The number of rotatable bonds is 3. The van der Waals surface area contributed by atoms with Gasteiger partial charge in [0, 0.05) is 67.8 Å². The van der Waals surface area contributed by atoms with Gasteiger partial charge >= 0.3 is 0 Å². The van der Waals surface area contributed by atoms with Gasteiger partial charge in [-0.15, -0.1) is 0 Å². The fraction of sp³-hybridized carbons (Fsp3) is 0.455. The number of nitrogens with two attached hydrogens (primary N) is 1. The monoisotopic (exact) mass is 424 g/mol. The van der Waals surface area contributed by atoms with Crippen molar-refractivity contribution >= 4 is 40.5 Å². The largest absolute Gasteiger partial charge is 0.399 e. The lowest BCUT2D eigenvalue weighted by Crippen LogP contribution is -2.53. The zero-order chi connectivity index (χ0) is 20.7. The second kappa shape index (κ2) is 8.00. The number of nitrogens with zero attached hydrogens (tertiary/aromatic N) is 4. The molecule has 2 fully saturated rings. The van der Waals surface area contributed by atoms with Crippen LogP contribution in [-0.2, 0) is 11.3 Å². The molecule has 0 spiro atoms. The molecule has 1 aromatic heterocycles. The number of aromatic nitrogens is 1. The van der Waals surface area contributed by atoms with Crippen LogP contribution in [0.25, 0.3) is 0 Å². The SMILES string of the molecule is C[C@H]1CN(c2ccc(N)cc2)CCN1Cc1cnc2c(c1)NC(=O)[C@@H]1CSCCN21. The third-order valence-electron chi connectivity index (χ3n) is 6.29. The van der Waals surface area contributed by atoms with E-state index in [0.717, 1.165) is 67.0 Å². The Kier molecular flexibility index (Phi) is 5.20. The molecule has 8 heteroatoms. The van der Waals surface area contributed by atoms with E-state index < -0.39 is 0 Å². The third kappa shape index (κ3) is 3.70. The average molecular weight is 425 g/mol. The molecule has 3 aliphatic heterocycles. The predicted octanol–water partition coefficient (Wildman–Crippen LogP) is 2.25. The minimum Gasteiger partial charge on any atom is -0.399 e. The zero-order valence-corrected chi connectivity index (χ0v) is 18.1. The molecule has 4 heterocycles. The molecule has 2 atom stereocenters. The molecule has 7 nitrogen and oxygen atoms in total. The molecule has 30 heavy (non-hydrogen) atoms. The van der Waals surface area contributed by atoms with Gasteiger partial charge in [0.1, 0.15) is 6.04 Å². The average Bonchev–Trinajstić information content (AvgIpc) is 2.76. The highest BCUT2D eigenvalue weighted by molar-refractivity contribution is 7.99. The van der Waals surface area contributed by atoms with E-state index in [0.29, 0.717) is 6.04 Å². The molecule has 2 saturated heterocycles. The van der Waals surface area contributed by atoms with Crippen LogP contribution < -0.4 is 20.9 Å². The van der Waals surface area contributed by atoms with Gasteiger partial charge in [0.2, 0.25) is 5.91 Å². The summed E-state index contributed by atoms with van der Waals surface area (Å²) >= 11 is 1.84. The Bertz CT molecular complexity index is 936. The summed E-state index contributed by atoms with van der Waals surface area (Å²) in [5.41, 5.74) is 9.85. The number of piperazine rings is 1. The van der Waals surface area contributed by atoms with Gasteiger partial charge in [-0.2, -0.15) is 11.8 Å². The van der Waals surface area contributed by atoms with Gasteiger partial charge < -0.3 is 20.9 Å². The number of benzene rings is 1. The molecule has 2 aromatic rings. The van der Waals surface area contributed by atoms with Crippen LogP contribution in [0.15, 0.2) is 36.5 Å². The Morgan fingerprint density at radius 2 is 2.07 bits per heavy atom. The van der Waals surface area contributed by atoms with Gasteiger partial charge in [0.25, 0.3) is 0 Å². The van der Waals surface area contributed by atoms with Crippen molar-refractivity contribution < 1.29 is 4.79 Å². The fourth-order valence-electron chi connectivity index (χ4n) is 4.58. The van der Waals surface area contributed by atoms with Crippen molar-refractivity contribution in [2.45, 2.75) is 25.6 Å². The molecule has 5 rings (SSSR count). The minimum atomic E-state index is -0.0870. The number of thioether (sulfide) groups is 1. The van der Waals surface area contributed by atoms with E-state index in [1.54, 1.807) is 0 Å². The normalized spacial score (nSPS) is 24.2. The number of fused-ring (bicyclic) bond motifs is 3. The van der Waals surface area contributed by atoms with Crippen molar-refractivity contribution in [1.29, 1.82) is 0 Å². The lowest BCUT2D eigenvalue weighted by molar-refractivity contribution is -0.117. The van der Waals surface area contributed by atoms with Gasteiger partial charge in [-0.05, 0) is 42.8 Å². The van der Waals surface area contributed by atoms with Crippen LogP contribution in [0.4, 0.5) is 22.9 Å². The molecule has 0 aliphatic carbocycles. The number of amides is 1. The van der Waals surface area contributed by atoms with Gasteiger partial charge in [-0.1, -0.05) is 0 Å². The van der Waals surface area contributed by atoms with Crippen LogP contribution in [0.5, 0.6) is 0 Å². The summed E-state index contributed by atoms with van der Waals surface area (Å²) in [4.78, 5) is 24.3. The van der Waals surface area contributed by atoms with Crippen LogP contribution in [0, 0.1) is 0 Å². The van der Waals surface area contributed by atoms with Gasteiger partial charge in [-0.3, -0.25) is 9.69 Å². The van der Waals surface area contributed by atoms with Gasteiger partial charge in [-0.25, -0.2) is 4.98 Å². The molecule has 0 saturated carbocycles. The molecular formula is C22H28N6OS. The molecule has 0 radical (unpaired) electrons. The minimum absolute atomic E-state index is 0.0870. The first-order chi connectivity index (χ1) is 14.6. The highest BCUT2D eigenvalue weighted by Crippen LogP contribution is 2.34. The predicted molar refractivity (Wildman–Crippen MR) is 124 cm³/mol. The van der Waals surface area contributed by atoms with Crippen molar-refractivity contribution in [2.75, 3.05) is 58.5 Å². The number of hydrogen-bond acceptors (Lipinski definition) is 7. The molecule has 1 amide bonds. The Morgan fingerprint density at radius 1 is 1.23 bits per heavy atom. The maximum atomic E-state index is 12.5. The Labute approximate surface area is 181 Å². The lowest BCUT2D eigenvalue weighted by Gasteiger charge is -2.41. The van der Waals surface area contributed by atoms with E-state index in [9.17, 15) is 4.79 Å². The number of nitrogen functional groups attached to an aromatic ring is 1. The standard InChI is InChI=1S/C22H28N6OS/c1-15-12-27(18-4-2-17(23)3-5-18)7-6-26(15)13-16-10-19-21(24-11-16)28-8-9-30-14-20(28)22(29)25-19/h2-5,10-11,15,20H,6-9,12-14,23H2,1H3,(H,25,29)/t15-,20-/m0/s1. The Hall–Kier alpha value is -2.45. The van der Waals surface area contributed by atoms with Crippen LogP contribution in [0.2, 0.25) is 0 Å². The van der Waals surface area contributed by atoms with E-state index >= 15 is 0 Å². The third-order valence-corrected chi connectivity index (χ3v) is 7.32. The van der Waals surface area contributed by atoms with E-state index in [-0.39, 0.29) is 11.9 Å². The summed E-state index contributed by atoms with van der Waals surface area (Å²) in [6.45, 7) is 6.94. The molecular weight excluding hydrogens is 396 g/mol. The lowest BCUT2D eigenvalue weighted by atomic mass is 10.1. The molecule has 3 aliphatic rings. The number of carbonyl (C=O) groups excluding carboxylic acids is 1. The zero-order valence-electron chi connectivity index (χ0n) is 17.3. The molecule has 0 bridgehead atoms. The van der Waals surface area contributed by atoms with Crippen molar-refractivity contribution in [1.82, 2.24) is 9.88 Å². The number of pyridine rings is 1. The first kappa shape index (κ1) is 19.5. The van der Waals surface area contributed by atoms with E-state index in [1.807, 2.05) is 30.1 Å². The summed E-state index contributed by atoms with van der Waals surface area (Å²) in [6.07, 6.45) is 1.98. The van der Waals surface area contributed by atoms with Crippen molar-refractivity contribution in [2.24, 2.45) is 0 Å². The summed E-state index contributed by atoms with van der Waals surface area (Å²) in [6, 6.07) is 10.6. The molecule has 3 N–H and O–H groups in total. The van der Waals surface area contributed by atoms with Gasteiger partial charge in [0.15, 0.2) is 5.82 Å². The van der Waals surface area contributed by atoms with Gasteiger partial charge in [0.05, 0.1) is 5.69 Å². The molecule has 1 aromatic carbocycles. The van der Waals surface area contributed by atoms with Crippen molar-refractivity contribution in [3.63, 3.8) is 0 Å². The quantitative estimate of drug-likeness (QED) is 0.732. The maximum Gasteiger partial charge on any atom is 0.248 e.